The van der Waals surface area contributed by atoms with E-state index >= 15 is 0 Å². The first-order valence-electron chi connectivity index (χ1n) is 8.84. The van der Waals surface area contributed by atoms with Crippen LogP contribution in [0.1, 0.15) is 45.7 Å². The van der Waals surface area contributed by atoms with Crippen molar-refractivity contribution in [2.24, 2.45) is 0 Å². The number of benzene rings is 1. The summed E-state index contributed by atoms with van der Waals surface area (Å²) >= 11 is 0. The Morgan fingerprint density at radius 3 is 2.04 bits per heavy atom. The molecular formula is C19H29NO5. The number of nitrogens with one attached hydrogen (secondary N) is 1. The Hall–Kier alpha value is -1.92. The second-order valence-electron chi connectivity index (χ2n) is 5.40. The average molecular weight is 351 g/mol. The van der Waals surface area contributed by atoms with Gasteiger partial charge in [-0.1, -0.05) is 37.3 Å². The highest BCUT2D eigenvalue weighted by molar-refractivity contribution is 5.78. The maximum absolute atomic E-state index is 12.4. The summed E-state index contributed by atoms with van der Waals surface area (Å²) in [5.74, 6) is -0.797. The van der Waals surface area contributed by atoms with E-state index in [9.17, 15) is 9.59 Å². The lowest BCUT2D eigenvalue weighted by atomic mass is 9.99. The Balaban J connectivity index is 3.13. The van der Waals surface area contributed by atoms with Crippen LogP contribution in [0.5, 0.6) is 0 Å². The van der Waals surface area contributed by atoms with E-state index in [0.717, 1.165) is 5.56 Å². The molecule has 3 atom stereocenters. The number of hydrogen-bond donors (Lipinski definition) is 1. The molecule has 0 spiro atoms. The van der Waals surface area contributed by atoms with Crippen molar-refractivity contribution in [2.75, 3.05) is 19.8 Å². The van der Waals surface area contributed by atoms with Crippen LogP contribution in [0.2, 0.25) is 0 Å². The molecule has 1 N–H and O–H groups in total. The summed E-state index contributed by atoms with van der Waals surface area (Å²) in [6, 6.07) is 8.37. The van der Waals surface area contributed by atoms with Gasteiger partial charge in [0.1, 0.15) is 6.04 Å². The molecule has 1 aromatic carbocycles. The largest absolute Gasteiger partial charge is 0.465 e. The van der Waals surface area contributed by atoms with Crippen LogP contribution in [0.15, 0.2) is 30.3 Å². The highest BCUT2D eigenvalue weighted by Crippen LogP contribution is 2.22. The lowest BCUT2D eigenvalue weighted by molar-refractivity contribution is -0.160. The van der Waals surface area contributed by atoms with Gasteiger partial charge in [0.25, 0.3) is 0 Å². The predicted octanol–water partition coefficient (Wildman–Crippen LogP) is 2.63. The molecule has 6 nitrogen and oxygen atoms in total. The van der Waals surface area contributed by atoms with E-state index in [1.54, 1.807) is 13.8 Å². The van der Waals surface area contributed by atoms with Crippen molar-refractivity contribution in [3.8, 4) is 0 Å². The zero-order valence-corrected chi connectivity index (χ0v) is 15.5. The summed E-state index contributed by atoms with van der Waals surface area (Å²) in [4.78, 5) is 24.6. The van der Waals surface area contributed by atoms with Crippen molar-refractivity contribution in [3.05, 3.63) is 35.9 Å². The third-order valence-corrected chi connectivity index (χ3v) is 3.69. The van der Waals surface area contributed by atoms with E-state index in [0.29, 0.717) is 19.6 Å². The fraction of sp³-hybridized carbons (Fsp3) is 0.579. The van der Waals surface area contributed by atoms with E-state index in [2.05, 4.69) is 5.32 Å². The summed E-state index contributed by atoms with van der Waals surface area (Å²) < 4.78 is 16.0. The molecule has 25 heavy (non-hydrogen) atoms. The van der Waals surface area contributed by atoms with Gasteiger partial charge in [0.2, 0.25) is 0 Å². The lowest BCUT2D eigenvalue weighted by Gasteiger charge is -2.29. The number of ether oxygens (including phenoxy) is 3. The summed E-state index contributed by atoms with van der Waals surface area (Å²) in [5.41, 5.74) is 0.844. The van der Waals surface area contributed by atoms with E-state index in [-0.39, 0.29) is 12.6 Å². The summed E-state index contributed by atoms with van der Waals surface area (Å²) in [5, 5.41) is 3.23. The minimum Gasteiger partial charge on any atom is -0.465 e. The van der Waals surface area contributed by atoms with Crippen molar-refractivity contribution in [1.82, 2.24) is 5.32 Å². The number of esters is 2. The smallest absolute Gasteiger partial charge is 0.337 e. The molecule has 1 rings (SSSR count). The molecule has 0 amide bonds. The van der Waals surface area contributed by atoms with Gasteiger partial charge in [0.15, 0.2) is 6.10 Å². The van der Waals surface area contributed by atoms with Crippen LogP contribution in [0.4, 0.5) is 0 Å². The van der Waals surface area contributed by atoms with Gasteiger partial charge in [-0.05, 0) is 32.8 Å². The van der Waals surface area contributed by atoms with E-state index in [1.807, 2.05) is 44.2 Å². The lowest BCUT2D eigenvalue weighted by Crippen LogP contribution is -2.47. The van der Waals surface area contributed by atoms with Crippen molar-refractivity contribution in [2.45, 2.75) is 52.3 Å². The van der Waals surface area contributed by atoms with Crippen LogP contribution >= 0.6 is 0 Å². The van der Waals surface area contributed by atoms with Crippen LogP contribution < -0.4 is 5.32 Å². The van der Waals surface area contributed by atoms with Gasteiger partial charge < -0.3 is 14.2 Å². The fourth-order valence-corrected chi connectivity index (χ4v) is 2.54. The second kappa shape index (κ2) is 11.6. The van der Waals surface area contributed by atoms with Gasteiger partial charge in [0, 0.05) is 6.61 Å². The van der Waals surface area contributed by atoms with Crippen molar-refractivity contribution < 1.29 is 23.8 Å². The monoisotopic (exact) mass is 351 g/mol. The Morgan fingerprint density at radius 1 is 0.920 bits per heavy atom. The zero-order chi connectivity index (χ0) is 18.7. The van der Waals surface area contributed by atoms with E-state index < -0.39 is 24.2 Å². The maximum Gasteiger partial charge on any atom is 0.337 e. The second-order valence-corrected chi connectivity index (χ2v) is 5.40. The Kier molecular flexibility index (Phi) is 9.80. The van der Waals surface area contributed by atoms with Gasteiger partial charge in [0.05, 0.1) is 19.3 Å². The minimum atomic E-state index is -0.851. The maximum atomic E-state index is 12.4. The number of rotatable bonds is 11. The van der Waals surface area contributed by atoms with E-state index in [1.165, 1.54) is 0 Å². The third-order valence-electron chi connectivity index (χ3n) is 3.69. The molecule has 0 aliphatic rings. The highest BCUT2D eigenvalue weighted by Gasteiger charge is 2.34. The SMILES string of the molecule is CCOC(=O)[C@@H](OCC)[C@H](N[C@H](CC)C(=O)OCC)c1ccccc1. The molecule has 0 aromatic heterocycles. The highest BCUT2D eigenvalue weighted by atomic mass is 16.6. The van der Waals surface area contributed by atoms with Crippen molar-refractivity contribution in [3.63, 3.8) is 0 Å². The molecule has 1 aromatic rings. The fourth-order valence-electron chi connectivity index (χ4n) is 2.54. The van der Waals surface area contributed by atoms with Crippen LogP contribution in [-0.2, 0) is 23.8 Å². The third kappa shape index (κ3) is 6.48. The average Bonchev–Trinajstić information content (AvgIpc) is 2.62. The topological polar surface area (TPSA) is 73.9 Å². The van der Waals surface area contributed by atoms with Gasteiger partial charge in [-0.25, -0.2) is 4.79 Å². The Labute approximate surface area is 149 Å². The van der Waals surface area contributed by atoms with Gasteiger partial charge in [-0.3, -0.25) is 10.1 Å². The molecule has 0 bridgehead atoms. The molecule has 6 heteroatoms. The van der Waals surface area contributed by atoms with Crippen LogP contribution in [-0.4, -0.2) is 43.9 Å². The number of hydrogen-bond acceptors (Lipinski definition) is 6. The molecule has 0 aliphatic carbocycles. The number of carbonyl (C=O) groups excluding carboxylic acids is 2. The molecule has 0 heterocycles. The molecule has 0 unspecified atom stereocenters. The van der Waals surface area contributed by atoms with E-state index in [4.69, 9.17) is 14.2 Å². The van der Waals surface area contributed by atoms with Crippen molar-refractivity contribution >= 4 is 11.9 Å². The molecular weight excluding hydrogens is 322 g/mol. The van der Waals surface area contributed by atoms with Gasteiger partial charge in [-0.15, -0.1) is 0 Å². The standard InChI is InChI=1S/C19H29NO5/c1-5-15(18(21)24-7-3)20-16(14-12-10-9-11-13-14)17(23-6-2)19(22)25-8-4/h9-13,15-17,20H,5-8H2,1-4H3/t15-,16-,17+/m1/s1. The zero-order valence-electron chi connectivity index (χ0n) is 15.5. The first-order valence-corrected chi connectivity index (χ1v) is 8.84. The number of carbonyl (C=O) groups is 2. The molecule has 0 saturated carbocycles. The van der Waals surface area contributed by atoms with Crippen molar-refractivity contribution in [1.29, 1.82) is 0 Å². The first-order chi connectivity index (χ1) is 12.1. The predicted molar refractivity (Wildman–Crippen MR) is 95.1 cm³/mol. The summed E-state index contributed by atoms with van der Waals surface area (Å²) in [6.07, 6.45) is -0.320. The van der Waals surface area contributed by atoms with Gasteiger partial charge in [-0.2, -0.15) is 0 Å². The Morgan fingerprint density at radius 2 is 1.52 bits per heavy atom. The molecule has 140 valence electrons. The molecule has 0 aliphatic heterocycles. The van der Waals surface area contributed by atoms with Crippen LogP contribution in [0, 0.1) is 0 Å². The van der Waals surface area contributed by atoms with Gasteiger partial charge >= 0.3 is 11.9 Å². The summed E-state index contributed by atoms with van der Waals surface area (Å²) in [7, 11) is 0. The van der Waals surface area contributed by atoms with Crippen LogP contribution in [0.3, 0.4) is 0 Å². The summed E-state index contributed by atoms with van der Waals surface area (Å²) in [6.45, 7) is 8.14. The normalized spacial score (nSPS) is 14.4. The minimum absolute atomic E-state index is 0.263. The molecule has 0 fully saturated rings. The first kappa shape index (κ1) is 21.1. The molecule has 0 radical (unpaired) electrons. The quantitative estimate of drug-likeness (QED) is 0.618. The Bertz CT molecular complexity index is 520. The molecule has 0 saturated heterocycles. The van der Waals surface area contributed by atoms with Crippen LogP contribution in [0.25, 0.3) is 0 Å².